The van der Waals surface area contributed by atoms with Crippen LogP contribution in [-0.2, 0) is 0 Å². The van der Waals surface area contributed by atoms with Crippen LogP contribution in [-0.4, -0.2) is 6.54 Å². The Balaban J connectivity index is 1.90. The van der Waals surface area contributed by atoms with Gasteiger partial charge in [0.15, 0.2) is 0 Å². The van der Waals surface area contributed by atoms with Crippen LogP contribution in [0.2, 0.25) is 0 Å². The van der Waals surface area contributed by atoms with Gasteiger partial charge in [-0.15, -0.1) is 0 Å². The molecule has 90 valence electrons. The van der Waals surface area contributed by atoms with Gasteiger partial charge in [0.25, 0.3) is 0 Å². The maximum atomic E-state index is 8.75. The largest absolute Gasteiger partial charge is 0.310 e. The van der Waals surface area contributed by atoms with Crippen molar-refractivity contribution >= 4 is 0 Å². The smallest absolute Gasteiger partial charge is 0.0991 e. The highest BCUT2D eigenvalue weighted by molar-refractivity contribution is 5.32. The number of hydrogen-bond acceptors (Lipinski definition) is 2. The average molecular weight is 228 g/mol. The van der Waals surface area contributed by atoms with E-state index >= 15 is 0 Å². The summed E-state index contributed by atoms with van der Waals surface area (Å²) in [4.78, 5) is 0. The molecular weight excluding hydrogens is 208 g/mol. The van der Waals surface area contributed by atoms with Crippen molar-refractivity contribution in [1.29, 1.82) is 5.26 Å². The van der Waals surface area contributed by atoms with Crippen molar-refractivity contribution in [1.82, 2.24) is 5.32 Å². The molecule has 1 saturated carbocycles. The van der Waals surface area contributed by atoms with Crippen LogP contribution in [0.5, 0.6) is 0 Å². The van der Waals surface area contributed by atoms with E-state index in [1.807, 2.05) is 24.3 Å². The molecule has 2 heteroatoms. The lowest BCUT2D eigenvalue weighted by Crippen LogP contribution is -2.26. The second-order valence-electron chi connectivity index (χ2n) is 5.19. The number of nitriles is 1. The summed E-state index contributed by atoms with van der Waals surface area (Å²) in [5.41, 5.74) is 2.57. The highest BCUT2D eigenvalue weighted by Crippen LogP contribution is 2.48. The molecule has 1 aromatic rings. The maximum Gasteiger partial charge on any atom is 0.0991 e. The molecule has 0 spiro atoms. The van der Waals surface area contributed by atoms with Gasteiger partial charge >= 0.3 is 0 Å². The molecule has 1 N–H and O–H groups in total. The van der Waals surface area contributed by atoms with Gasteiger partial charge in [0.1, 0.15) is 0 Å². The van der Waals surface area contributed by atoms with E-state index in [1.54, 1.807) is 0 Å². The fourth-order valence-electron chi connectivity index (χ4n) is 2.17. The SMILES string of the molecule is CCC1(CNC(C)c2ccc(C#N)cc2)CC1. The molecule has 1 unspecified atom stereocenters. The van der Waals surface area contributed by atoms with Gasteiger partial charge in [0.2, 0.25) is 0 Å². The molecule has 2 rings (SSSR count). The third kappa shape index (κ3) is 2.87. The van der Waals surface area contributed by atoms with Gasteiger partial charge in [0.05, 0.1) is 11.6 Å². The first kappa shape index (κ1) is 12.1. The van der Waals surface area contributed by atoms with Crippen LogP contribution in [0.1, 0.15) is 50.3 Å². The highest BCUT2D eigenvalue weighted by Gasteiger charge is 2.40. The van der Waals surface area contributed by atoms with Crippen molar-refractivity contribution in [2.24, 2.45) is 5.41 Å². The van der Waals surface area contributed by atoms with Crippen LogP contribution in [0.4, 0.5) is 0 Å². The van der Waals surface area contributed by atoms with Gasteiger partial charge in [-0.05, 0) is 49.3 Å². The molecule has 1 fully saturated rings. The summed E-state index contributed by atoms with van der Waals surface area (Å²) >= 11 is 0. The molecule has 0 saturated heterocycles. The minimum Gasteiger partial charge on any atom is -0.310 e. The number of benzene rings is 1. The molecule has 17 heavy (non-hydrogen) atoms. The predicted octanol–water partition coefficient (Wildman–Crippen LogP) is 3.40. The lowest BCUT2D eigenvalue weighted by atomic mass is 10.0. The third-order valence-electron chi connectivity index (χ3n) is 4.03. The summed E-state index contributed by atoms with van der Waals surface area (Å²) in [6.45, 7) is 5.58. The Morgan fingerprint density at radius 1 is 1.35 bits per heavy atom. The minimum atomic E-state index is 0.367. The Kier molecular flexibility index (Phi) is 3.49. The maximum absolute atomic E-state index is 8.75. The van der Waals surface area contributed by atoms with Crippen LogP contribution >= 0.6 is 0 Å². The van der Waals surface area contributed by atoms with E-state index in [0.29, 0.717) is 11.5 Å². The quantitative estimate of drug-likeness (QED) is 0.838. The molecule has 0 radical (unpaired) electrons. The number of rotatable bonds is 5. The van der Waals surface area contributed by atoms with Crippen LogP contribution in [0.3, 0.4) is 0 Å². The normalized spacial score (nSPS) is 18.4. The summed E-state index contributed by atoms with van der Waals surface area (Å²) in [5, 5.41) is 12.4. The molecule has 1 aliphatic carbocycles. The Bertz CT molecular complexity index is 410. The summed E-state index contributed by atoms with van der Waals surface area (Å²) in [6.07, 6.45) is 4.02. The molecule has 0 aromatic heterocycles. The van der Waals surface area contributed by atoms with Crippen molar-refractivity contribution < 1.29 is 0 Å². The van der Waals surface area contributed by atoms with E-state index < -0.39 is 0 Å². The fraction of sp³-hybridized carbons (Fsp3) is 0.533. The first-order valence-corrected chi connectivity index (χ1v) is 6.42. The topological polar surface area (TPSA) is 35.8 Å². The van der Waals surface area contributed by atoms with Gasteiger partial charge < -0.3 is 5.32 Å². The molecule has 0 bridgehead atoms. The van der Waals surface area contributed by atoms with Crippen molar-refractivity contribution in [3.63, 3.8) is 0 Å². The van der Waals surface area contributed by atoms with Gasteiger partial charge in [-0.1, -0.05) is 19.1 Å². The van der Waals surface area contributed by atoms with Crippen LogP contribution in [0.15, 0.2) is 24.3 Å². The van der Waals surface area contributed by atoms with Crippen LogP contribution in [0, 0.1) is 16.7 Å². The minimum absolute atomic E-state index is 0.367. The second kappa shape index (κ2) is 4.89. The fourth-order valence-corrected chi connectivity index (χ4v) is 2.17. The van der Waals surface area contributed by atoms with Crippen molar-refractivity contribution in [3.8, 4) is 6.07 Å². The van der Waals surface area contributed by atoms with E-state index in [1.165, 1.54) is 24.8 Å². The van der Waals surface area contributed by atoms with Gasteiger partial charge in [-0.25, -0.2) is 0 Å². The first-order chi connectivity index (χ1) is 8.19. The second-order valence-corrected chi connectivity index (χ2v) is 5.19. The number of nitrogens with one attached hydrogen (secondary N) is 1. The van der Waals surface area contributed by atoms with Crippen molar-refractivity contribution in [3.05, 3.63) is 35.4 Å². The summed E-state index contributed by atoms with van der Waals surface area (Å²) in [7, 11) is 0. The average Bonchev–Trinajstić information content (AvgIpc) is 3.17. The van der Waals surface area contributed by atoms with Crippen LogP contribution < -0.4 is 5.32 Å². The lowest BCUT2D eigenvalue weighted by molar-refractivity contribution is 0.415. The summed E-state index contributed by atoms with van der Waals surface area (Å²) in [6, 6.07) is 10.4. The van der Waals surface area contributed by atoms with Crippen molar-refractivity contribution in [2.45, 2.75) is 39.2 Å². The Hall–Kier alpha value is -1.33. The van der Waals surface area contributed by atoms with Gasteiger partial charge in [-0.2, -0.15) is 5.26 Å². The van der Waals surface area contributed by atoms with E-state index in [4.69, 9.17) is 5.26 Å². The Morgan fingerprint density at radius 2 is 2.00 bits per heavy atom. The Morgan fingerprint density at radius 3 is 2.47 bits per heavy atom. The molecule has 0 heterocycles. The molecule has 1 aliphatic rings. The molecule has 1 aromatic carbocycles. The van der Waals surface area contributed by atoms with E-state index in [9.17, 15) is 0 Å². The van der Waals surface area contributed by atoms with Gasteiger partial charge in [0, 0.05) is 12.6 Å². The summed E-state index contributed by atoms with van der Waals surface area (Å²) < 4.78 is 0. The van der Waals surface area contributed by atoms with E-state index in [-0.39, 0.29) is 0 Å². The molecular formula is C15H20N2. The van der Waals surface area contributed by atoms with Crippen LogP contribution in [0.25, 0.3) is 0 Å². The standard InChI is InChI=1S/C15H20N2/c1-3-15(8-9-15)11-17-12(2)14-6-4-13(10-16)5-7-14/h4-7,12,17H,3,8-9,11H2,1-2H3. The zero-order chi connectivity index (χ0) is 12.3. The third-order valence-corrected chi connectivity index (χ3v) is 4.03. The summed E-state index contributed by atoms with van der Waals surface area (Å²) in [5.74, 6) is 0. The molecule has 2 nitrogen and oxygen atoms in total. The van der Waals surface area contributed by atoms with Gasteiger partial charge in [-0.3, -0.25) is 0 Å². The first-order valence-electron chi connectivity index (χ1n) is 6.42. The van der Waals surface area contributed by atoms with E-state index in [2.05, 4.69) is 25.2 Å². The molecule has 0 amide bonds. The zero-order valence-electron chi connectivity index (χ0n) is 10.7. The predicted molar refractivity (Wildman–Crippen MR) is 69.5 cm³/mol. The lowest BCUT2D eigenvalue weighted by Gasteiger charge is -2.19. The Labute approximate surface area is 104 Å². The highest BCUT2D eigenvalue weighted by atomic mass is 14.9. The number of hydrogen-bond donors (Lipinski definition) is 1. The monoisotopic (exact) mass is 228 g/mol. The van der Waals surface area contributed by atoms with E-state index in [0.717, 1.165) is 12.1 Å². The molecule has 0 aliphatic heterocycles. The number of nitrogens with zero attached hydrogens (tertiary/aromatic N) is 1. The zero-order valence-corrected chi connectivity index (χ0v) is 10.7. The molecule has 1 atom stereocenters. The van der Waals surface area contributed by atoms with Crippen molar-refractivity contribution in [2.75, 3.05) is 6.54 Å².